The van der Waals surface area contributed by atoms with Gasteiger partial charge in [0.2, 0.25) is 5.95 Å². The Morgan fingerprint density at radius 2 is 1.48 bits per heavy atom. The molecule has 5 nitrogen and oxygen atoms in total. The molecule has 0 aliphatic rings. The van der Waals surface area contributed by atoms with Gasteiger partial charge in [-0.2, -0.15) is 4.98 Å². The zero-order valence-corrected chi connectivity index (χ0v) is 16.2. The van der Waals surface area contributed by atoms with E-state index in [1.165, 1.54) is 0 Å². The number of benzene rings is 3. The summed E-state index contributed by atoms with van der Waals surface area (Å²) in [6.45, 7) is 0.563. The Hall–Kier alpha value is -3.86. The van der Waals surface area contributed by atoms with Crippen molar-refractivity contribution in [2.45, 2.75) is 6.54 Å². The third kappa shape index (κ3) is 4.71. The molecule has 144 valence electrons. The fraction of sp³-hybridized carbons (Fsp3) is 0.0833. The molecule has 0 aliphatic heterocycles. The highest BCUT2D eigenvalue weighted by molar-refractivity contribution is 5.67. The minimum absolute atomic E-state index is 0.552. The van der Waals surface area contributed by atoms with Crippen LogP contribution in [-0.4, -0.2) is 17.1 Å². The molecular formula is C24H22N4O. The summed E-state index contributed by atoms with van der Waals surface area (Å²) >= 11 is 0. The van der Waals surface area contributed by atoms with Gasteiger partial charge in [0, 0.05) is 29.4 Å². The van der Waals surface area contributed by atoms with E-state index in [9.17, 15) is 0 Å². The number of methoxy groups -OCH3 is 1. The third-order valence-electron chi connectivity index (χ3n) is 4.47. The summed E-state index contributed by atoms with van der Waals surface area (Å²) in [6.07, 6.45) is 0. The van der Waals surface area contributed by atoms with Crippen LogP contribution in [0, 0.1) is 0 Å². The second-order valence-electron chi connectivity index (χ2n) is 6.48. The summed E-state index contributed by atoms with van der Waals surface area (Å²) in [5.74, 6) is 2.12. The molecule has 0 unspecified atom stereocenters. The number of ether oxygens (including phenoxy) is 1. The first-order chi connectivity index (χ1) is 14.3. The highest BCUT2D eigenvalue weighted by atomic mass is 16.5. The molecule has 1 aromatic heterocycles. The van der Waals surface area contributed by atoms with Crippen LogP contribution in [0.5, 0.6) is 5.75 Å². The number of nitrogens with zero attached hydrogens (tertiary/aromatic N) is 2. The lowest BCUT2D eigenvalue weighted by Gasteiger charge is -2.13. The normalized spacial score (nSPS) is 10.4. The van der Waals surface area contributed by atoms with E-state index in [1.54, 1.807) is 7.11 Å². The smallest absolute Gasteiger partial charge is 0.225 e. The van der Waals surface area contributed by atoms with Gasteiger partial charge in [-0.25, -0.2) is 4.98 Å². The van der Waals surface area contributed by atoms with E-state index >= 15 is 0 Å². The van der Waals surface area contributed by atoms with E-state index in [2.05, 4.69) is 15.6 Å². The first-order valence-electron chi connectivity index (χ1n) is 9.44. The Morgan fingerprint density at radius 3 is 2.24 bits per heavy atom. The van der Waals surface area contributed by atoms with Gasteiger partial charge >= 0.3 is 0 Å². The van der Waals surface area contributed by atoms with Gasteiger partial charge in [0.05, 0.1) is 12.8 Å². The lowest BCUT2D eigenvalue weighted by molar-refractivity contribution is 0.410. The molecule has 0 fully saturated rings. The number of aromatic nitrogens is 2. The Kier molecular flexibility index (Phi) is 5.67. The van der Waals surface area contributed by atoms with Crippen LogP contribution in [0.25, 0.3) is 11.3 Å². The van der Waals surface area contributed by atoms with Crippen molar-refractivity contribution >= 4 is 17.5 Å². The molecule has 0 radical (unpaired) electrons. The first kappa shape index (κ1) is 18.5. The standard InChI is InChI=1S/C24H22N4O/c1-29-22-15-9-8-12-19(22)17-25-24-27-21(18-10-4-2-5-11-18)16-23(28-24)26-20-13-6-3-7-14-20/h2-16H,17H2,1H3,(H2,25,26,27,28). The summed E-state index contributed by atoms with van der Waals surface area (Å²) in [6, 6.07) is 29.9. The molecule has 0 aliphatic carbocycles. The van der Waals surface area contributed by atoms with Crippen LogP contribution in [0.4, 0.5) is 17.5 Å². The number of para-hydroxylation sites is 2. The van der Waals surface area contributed by atoms with Crippen LogP contribution in [0.1, 0.15) is 5.56 Å². The largest absolute Gasteiger partial charge is 0.496 e. The monoisotopic (exact) mass is 382 g/mol. The maximum atomic E-state index is 5.44. The topological polar surface area (TPSA) is 59.1 Å². The highest BCUT2D eigenvalue weighted by Gasteiger charge is 2.08. The quantitative estimate of drug-likeness (QED) is 0.441. The Bertz CT molecular complexity index is 1070. The molecule has 1 heterocycles. The molecule has 5 heteroatoms. The van der Waals surface area contributed by atoms with Gasteiger partial charge in [0.1, 0.15) is 11.6 Å². The van der Waals surface area contributed by atoms with Gasteiger partial charge in [-0.3, -0.25) is 0 Å². The summed E-state index contributed by atoms with van der Waals surface area (Å²) in [4.78, 5) is 9.36. The number of nitrogens with one attached hydrogen (secondary N) is 2. The highest BCUT2D eigenvalue weighted by Crippen LogP contribution is 2.24. The molecule has 0 amide bonds. The second kappa shape index (κ2) is 8.89. The van der Waals surface area contributed by atoms with Gasteiger partial charge in [0.15, 0.2) is 0 Å². The molecule has 0 bridgehead atoms. The van der Waals surface area contributed by atoms with Crippen LogP contribution in [0.2, 0.25) is 0 Å². The minimum Gasteiger partial charge on any atom is -0.496 e. The van der Waals surface area contributed by atoms with Gasteiger partial charge in [0.25, 0.3) is 0 Å². The fourth-order valence-electron chi connectivity index (χ4n) is 3.04. The lowest BCUT2D eigenvalue weighted by Crippen LogP contribution is -2.07. The molecule has 29 heavy (non-hydrogen) atoms. The second-order valence-corrected chi connectivity index (χ2v) is 6.48. The molecule has 2 N–H and O–H groups in total. The van der Waals surface area contributed by atoms with E-state index in [0.29, 0.717) is 12.5 Å². The van der Waals surface area contributed by atoms with Crippen LogP contribution in [0.3, 0.4) is 0 Å². The van der Waals surface area contributed by atoms with Crippen molar-refractivity contribution in [1.29, 1.82) is 0 Å². The first-order valence-corrected chi connectivity index (χ1v) is 9.44. The van der Waals surface area contributed by atoms with Gasteiger partial charge in [-0.05, 0) is 18.2 Å². The van der Waals surface area contributed by atoms with Crippen molar-refractivity contribution in [2.75, 3.05) is 17.7 Å². The molecule has 0 spiro atoms. The van der Waals surface area contributed by atoms with Crippen LogP contribution in [0.15, 0.2) is 91.0 Å². The van der Waals surface area contributed by atoms with Gasteiger partial charge in [-0.15, -0.1) is 0 Å². The summed E-state index contributed by atoms with van der Waals surface area (Å²) < 4.78 is 5.44. The zero-order valence-electron chi connectivity index (χ0n) is 16.2. The van der Waals surface area contributed by atoms with Crippen LogP contribution < -0.4 is 15.4 Å². The molecule has 4 rings (SSSR count). The van der Waals surface area contributed by atoms with E-state index in [1.807, 2.05) is 91.0 Å². The fourth-order valence-corrected chi connectivity index (χ4v) is 3.04. The van der Waals surface area contributed by atoms with Crippen molar-refractivity contribution in [3.63, 3.8) is 0 Å². The van der Waals surface area contributed by atoms with Gasteiger partial charge in [-0.1, -0.05) is 66.7 Å². The number of rotatable bonds is 7. The number of anilines is 3. The summed E-state index contributed by atoms with van der Waals surface area (Å²) in [5, 5.41) is 6.69. The van der Waals surface area contributed by atoms with Crippen molar-refractivity contribution < 1.29 is 4.74 Å². The Labute approximate surface area is 170 Å². The maximum absolute atomic E-state index is 5.44. The van der Waals surface area contributed by atoms with Crippen LogP contribution >= 0.6 is 0 Å². The molecule has 0 saturated heterocycles. The van der Waals surface area contributed by atoms with Crippen molar-refractivity contribution in [2.24, 2.45) is 0 Å². The summed E-state index contributed by atoms with van der Waals surface area (Å²) in [7, 11) is 1.67. The van der Waals surface area contributed by atoms with Crippen LogP contribution in [-0.2, 0) is 6.54 Å². The predicted molar refractivity (Wildman–Crippen MR) is 118 cm³/mol. The molecular weight excluding hydrogens is 360 g/mol. The van der Waals surface area contributed by atoms with Gasteiger partial charge < -0.3 is 15.4 Å². The van der Waals surface area contributed by atoms with Crippen molar-refractivity contribution in [3.8, 4) is 17.0 Å². The lowest BCUT2D eigenvalue weighted by atomic mass is 10.1. The molecule has 3 aromatic carbocycles. The number of hydrogen-bond donors (Lipinski definition) is 2. The van der Waals surface area contributed by atoms with E-state index in [4.69, 9.17) is 9.72 Å². The average Bonchev–Trinajstić information content (AvgIpc) is 2.79. The van der Waals surface area contributed by atoms with Crippen molar-refractivity contribution in [1.82, 2.24) is 9.97 Å². The molecule has 0 atom stereocenters. The van der Waals surface area contributed by atoms with E-state index in [0.717, 1.165) is 34.1 Å². The summed E-state index contributed by atoms with van der Waals surface area (Å²) in [5.41, 5.74) is 3.90. The average molecular weight is 382 g/mol. The number of hydrogen-bond acceptors (Lipinski definition) is 5. The predicted octanol–water partition coefficient (Wildman–Crippen LogP) is 5.51. The molecule has 0 saturated carbocycles. The zero-order chi connectivity index (χ0) is 19.9. The van der Waals surface area contributed by atoms with Crippen molar-refractivity contribution in [3.05, 3.63) is 96.6 Å². The Morgan fingerprint density at radius 1 is 0.793 bits per heavy atom. The SMILES string of the molecule is COc1ccccc1CNc1nc(Nc2ccccc2)cc(-c2ccccc2)n1. The van der Waals surface area contributed by atoms with E-state index < -0.39 is 0 Å². The molecule has 4 aromatic rings. The third-order valence-corrected chi connectivity index (χ3v) is 4.47. The Balaban J connectivity index is 1.64. The minimum atomic E-state index is 0.552. The van der Waals surface area contributed by atoms with E-state index in [-0.39, 0.29) is 0 Å². The maximum Gasteiger partial charge on any atom is 0.225 e.